The first-order valence-corrected chi connectivity index (χ1v) is 10.9. The molecule has 0 unspecified atom stereocenters. The standard InChI is InChI=1S/C21H19N5O5S/c1-30-18-8-7-17(21(25-18)31-2)32(28,29)16-5-3-13(4-6-16)10-23-20(27)15-9-14-12-24-26-19(14)22-11-15/h3-9,11-12H,10H2,1-2H3,(H,23,27)(H,22,24,26). The van der Waals surface area contributed by atoms with Crippen LogP contribution in [0.3, 0.4) is 0 Å². The average Bonchev–Trinajstić information content (AvgIpc) is 3.30. The highest BCUT2D eigenvalue weighted by molar-refractivity contribution is 7.91. The van der Waals surface area contributed by atoms with Crippen molar-refractivity contribution in [3.8, 4) is 11.8 Å². The zero-order chi connectivity index (χ0) is 22.7. The number of nitrogens with zero attached hydrogens (tertiary/aromatic N) is 3. The molecule has 3 aromatic heterocycles. The Labute approximate surface area is 183 Å². The molecule has 2 N–H and O–H groups in total. The van der Waals surface area contributed by atoms with E-state index in [0.717, 1.165) is 10.9 Å². The third kappa shape index (κ3) is 4.10. The van der Waals surface area contributed by atoms with Crippen molar-refractivity contribution in [1.29, 1.82) is 0 Å². The number of hydrogen-bond acceptors (Lipinski definition) is 8. The number of methoxy groups -OCH3 is 2. The lowest BCUT2D eigenvalue weighted by atomic mass is 10.2. The number of ether oxygens (including phenoxy) is 2. The molecule has 1 aromatic carbocycles. The van der Waals surface area contributed by atoms with E-state index in [4.69, 9.17) is 9.47 Å². The monoisotopic (exact) mass is 453 g/mol. The highest BCUT2D eigenvalue weighted by Crippen LogP contribution is 2.29. The lowest BCUT2D eigenvalue weighted by Gasteiger charge is -2.11. The fraction of sp³-hybridized carbons (Fsp3) is 0.143. The largest absolute Gasteiger partial charge is 0.481 e. The molecule has 0 saturated heterocycles. The number of sulfone groups is 1. The van der Waals surface area contributed by atoms with Crippen LogP contribution in [0.1, 0.15) is 15.9 Å². The van der Waals surface area contributed by atoms with Gasteiger partial charge in [0.1, 0.15) is 4.90 Å². The predicted molar refractivity (Wildman–Crippen MR) is 114 cm³/mol. The van der Waals surface area contributed by atoms with Gasteiger partial charge in [0, 0.05) is 24.2 Å². The van der Waals surface area contributed by atoms with E-state index in [1.807, 2.05) is 0 Å². The maximum absolute atomic E-state index is 13.0. The minimum absolute atomic E-state index is 0.0520. The van der Waals surface area contributed by atoms with Crippen LogP contribution in [0.15, 0.2) is 64.6 Å². The molecule has 1 amide bonds. The zero-order valence-corrected chi connectivity index (χ0v) is 18.0. The summed E-state index contributed by atoms with van der Waals surface area (Å²) < 4.78 is 36.2. The van der Waals surface area contributed by atoms with Crippen LogP contribution in [-0.4, -0.2) is 48.7 Å². The summed E-state index contributed by atoms with van der Waals surface area (Å²) in [5.41, 5.74) is 1.73. The van der Waals surface area contributed by atoms with Crippen molar-refractivity contribution in [2.75, 3.05) is 14.2 Å². The molecular formula is C21H19N5O5S. The lowest BCUT2D eigenvalue weighted by molar-refractivity contribution is 0.0950. The molecule has 0 bridgehead atoms. The minimum atomic E-state index is -3.86. The summed E-state index contributed by atoms with van der Waals surface area (Å²) in [6.07, 6.45) is 3.05. The van der Waals surface area contributed by atoms with E-state index >= 15 is 0 Å². The Balaban J connectivity index is 1.48. The Morgan fingerprint density at radius 3 is 2.56 bits per heavy atom. The van der Waals surface area contributed by atoms with Crippen LogP contribution in [0.2, 0.25) is 0 Å². The zero-order valence-electron chi connectivity index (χ0n) is 17.2. The fourth-order valence-corrected chi connectivity index (χ4v) is 4.39. The van der Waals surface area contributed by atoms with E-state index in [-0.39, 0.29) is 34.0 Å². The van der Waals surface area contributed by atoms with Gasteiger partial charge in [0.05, 0.1) is 30.9 Å². The lowest BCUT2D eigenvalue weighted by Crippen LogP contribution is -2.22. The summed E-state index contributed by atoms with van der Waals surface area (Å²) in [6.45, 7) is 0.218. The van der Waals surface area contributed by atoms with Gasteiger partial charge >= 0.3 is 0 Å². The van der Waals surface area contributed by atoms with E-state index < -0.39 is 9.84 Å². The first-order chi connectivity index (χ1) is 15.4. The average molecular weight is 453 g/mol. The van der Waals surface area contributed by atoms with Gasteiger partial charge in [-0.25, -0.2) is 13.4 Å². The molecule has 0 fully saturated rings. The van der Waals surface area contributed by atoms with Crippen molar-refractivity contribution in [3.63, 3.8) is 0 Å². The summed E-state index contributed by atoms with van der Waals surface area (Å²) >= 11 is 0. The number of hydrogen-bond donors (Lipinski definition) is 2. The quantitative estimate of drug-likeness (QED) is 0.434. The van der Waals surface area contributed by atoms with Crippen molar-refractivity contribution < 1.29 is 22.7 Å². The van der Waals surface area contributed by atoms with Crippen molar-refractivity contribution >= 4 is 26.8 Å². The molecule has 10 nitrogen and oxygen atoms in total. The van der Waals surface area contributed by atoms with Gasteiger partial charge in [-0.2, -0.15) is 10.1 Å². The maximum atomic E-state index is 13.0. The number of amides is 1. The van der Waals surface area contributed by atoms with Crippen molar-refractivity contribution in [3.05, 3.63) is 66.0 Å². The number of carbonyl (C=O) groups excluding carboxylic acids is 1. The van der Waals surface area contributed by atoms with E-state index in [1.165, 1.54) is 44.7 Å². The van der Waals surface area contributed by atoms with Gasteiger partial charge in [-0.1, -0.05) is 12.1 Å². The molecule has 4 aromatic rings. The van der Waals surface area contributed by atoms with Crippen LogP contribution in [0, 0.1) is 0 Å². The van der Waals surface area contributed by atoms with E-state index in [9.17, 15) is 13.2 Å². The molecule has 0 spiro atoms. The molecular weight excluding hydrogens is 434 g/mol. The predicted octanol–water partition coefficient (Wildman–Crippen LogP) is 2.13. The number of pyridine rings is 2. The molecule has 0 aliphatic rings. The van der Waals surface area contributed by atoms with Gasteiger partial charge in [0.15, 0.2) is 5.65 Å². The molecule has 32 heavy (non-hydrogen) atoms. The number of rotatable bonds is 7. The number of benzene rings is 1. The van der Waals surface area contributed by atoms with Crippen molar-refractivity contribution in [2.24, 2.45) is 0 Å². The molecule has 4 rings (SSSR count). The van der Waals surface area contributed by atoms with Gasteiger partial charge in [0.2, 0.25) is 21.6 Å². The molecule has 0 atom stereocenters. The van der Waals surface area contributed by atoms with Crippen molar-refractivity contribution in [1.82, 2.24) is 25.5 Å². The van der Waals surface area contributed by atoms with E-state index in [2.05, 4.69) is 25.5 Å². The van der Waals surface area contributed by atoms with Crippen LogP contribution in [0.4, 0.5) is 0 Å². The fourth-order valence-electron chi connectivity index (χ4n) is 3.03. The van der Waals surface area contributed by atoms with Crippen LogP contribution in [0.5, 0.6) is 11.8 Å². The SMILES string of the molecule is COc1ccc(S(=O)(=O)c2ccc(CNC(=O)c3cnc4[nH]ncc4c3)cc2)c(OC)n1. The molecule has 0 aliphatic heterocycles. The van der Waals surface area contributed by atoms with Gasteiger partial charge in [-0.3, -0.25) is 9.89 Å². The highest BCUT2D eigenvalue weighted by atomic mass is 32.2. The number of H-pyrrole nitrogens is 1. The topological polar surface area (TPSA) is 136 Å². The number of aromatic amines is 1. The Bertz CT molecular complexity index is 1380. The number of nitrogens with one attached hydrogen (secondary N) is 2. The van der Waals surface area contributed by atoms with Gasteiger partial charge in [-0.15, -0.1) is 0 Å². The van der Waals surface area contributed by atoms with Crippen LogP contribution in [0.25, 0.3) is 11.0 Å². The second-order valence-corrected chi connectivity index (χ2v) is 8.64. The first kappa shape index (κ1) is 21.2. The Hall–Kier alpha value is -3.99. The van der Waals surface area contributed by atoms with Gasteiger partial charge in [0.25, 0.3) is 5.91 Å². The second kappa shape index (κ2) is 8.63. The highest BCUT2D eigenvalue weighted by Gasteiger charge is 2.24. The van der Waals surface area contributed by atoms with Crippen molar-refractivity contribution in [2.45, 2.75) is 16.3 Å². The summed E-state index contributed by atoms with van der Waals surface area (Å²) in [5, 5.41) is 10.1. The van der Waals surface area contributed by atoms with Gasteiger partial charge in [-0.05, 0) is 29.8 Å². The Morgan fingerprint density at radius 1 is 1.06 bits per heavy atom. The second-order valence-electron chi connectivity index (χ2n) is 6.72. The third-order valence-electron chi connectivity index (χ3n) is 4.73. The summed E-state index contributed by atoms with van der Waals surface area (Å²) in [7, 11) is -1.09. The van der Waals surface area contributed by atoms with Gasteiger partial charge < -0.3 is 14.8 Å². The number of fused-ring (bicyclic) bond motifs is 1. The summed E-state index contributed by atoms with van der Waals surface area (Å²) in [5.74, 6) is -0.107. The molecule has 11 heteroatoms. The summed E-state index contributed by atoms with van der Waals surface area (Å²) in [6, 6.07) is 10.7. The van der Waals surface area contributed by atoms with E-state index in [1.54, 1.807) is 24.4 Å². The number of carbonyl (C=O) groups is 1. The molecule has 164 valence electrons. The molecule has 0 saturated carbocycles. The molecule has 3 heterocycles. The smallest absolute Gasteiger partial charge is 0.253 e. The first-order valence-electron chi connectivity index (χ1n) is 9.43. The number of aromatic nitrogens is 4. The molecule has 0 aliphatic carbocycles. The van der Waals surface area contributed by atoms with Crippen LogP contribution < -0.4 is 14.8 Å². The maximum Gasteiger partial charge on any atom is 0.253 e. The Morgan fingerprint density at radius 2 is 1.84 bits per heavy atom. The Kier molecular flexibility index (Phi) is 5.73. The normalized spacial score (nSPS) is 11.3. The summed E-state index contributed by atoms with van der Waals surface area (Å²) in [4.78, 5) is 20.6. The van der Waals surface area contributed by atoms with Crippen LogP contribution >= 0.6 is 0 Å². The van der Waals surface area contributed by atoms with Crippen LogP contribution in [-0.2, 0) is 16.4 Å². The minimum Gasteiger partial charge on any atom is -0.481 e. The molecule has 0 radical (unpaired) electrons. The van der Waals surface area contributed by atoms with E-state index in [0.29, 0.717) is 11.2 Å². The third-order valence-corrected chi connectivity index (χ3v) is 6.51.